The van der Waals surface area contributed by atoms with Crippen LogP contribution in [-0.2, 0) is 4.74 Å². The van der Waals surface area contributed by atoms with Crippen LogP contribution in [-0.4, -0.2) is 13.2 Å². The summed E-state index contributed by atoms with van der Waals surface area (Å²) in [7, 11) is 0. The second-order valence-corrected chi connectivity index (χ2v) is 4.14. The molecule has 2 atom stereocenters. The van der Waals surface area contributed by atoms with Crippen LogP contribution < -0.4 is 5.73 Å². The van der Waals surface area contributed by atoms with Crippen molar-refractivity contribution in [3.8, 4) is 0 Å². The third kappa shape index (κ3) is 2.08. The van der Waals surface area contributed by atoms with Gasteiger partial charge in [0.2, 0.25) is 0 Å². The van der Waals surface area contributed by atoms with E-state index in [9.17, 15) is 0 Å². The fourth-order valence-corrected chi connectivity index (χ4v) is 1.92. The van der Waals surface area contributed by atoms with Crippen molar-refractivity contribution in [3.63, 3.8) is 0 Å². The molecule has 1 aromatic carbocycles. The number of hydrogen-bond acceptors (Lipinski definition) is 2. The predicted molar refractivity (Wildman–Crippen MR) is 57.3 cm³/mol. The number of rotatable bonds is 2. The average Bonchev–Trinajstić information content (AvgIpc) is 2.71. The minimum atomic E-state index is 0.0785. The molecule has 2 nitrogen and oxygen atoms in total. The molecule has 0 spiro atoms. The van der Waals surface area contributed by atoms with E-state index in [1.807, 2.05) is 24.3 Å². The Kier molecular flexibility index (Phi) is 3.06. The maximum absolute atomic E-state index is 6.13. The fraction of sp³-hybridized carbons (Fsp3) is 0.455. The minimum absolute atomic E-state index is 0.0785. The van der Waals surface area contributed by atoms with Crippen molar-refractivity contribution >= 4 is 11.6 Å². The van der Waals surface area contributed by atoms with Crippen LogP contribution in [0.4, 0.5) is 0 Å². The maximum atomic E-state index is 6.13. The van der Waals surface area contributed by atoms with Crippen LogP contribution >= 0.6 is 11.6 Å². The summed E-state index contributed by atoms with van der Waals surface area (Å²) in [6.07, 6.45) is 1.06. The van der Waals surface area contributed by atoms with Crippen LogP contribution in [0.15, 0.2) is 24.3 Å². The lowest BCUT2D eigenvalue weighted by Crippen LogP contribution is -2.21. The zero-order valence-electron chi connectivity index (χ0n) is 7.95. The summed E-state index contributed by atoms with van der Waals surface area (Å²) in [5.41, 5.74) is 7.27. The first-order valence-electron chi connectivity index (χ1n) is 4.86. The van der Waals surface area contributed by atoms with Gasteiger partial charge >= 0.3 is 0 Å². The second kappa shape index (κ2) is 4.30. The molecule has 0 saturated carbocycles. The molecular formula is C11H14ClNO. The van der Waals surface area contributed by atoms with Crippen LogP contribution in [0.25, 0.3) is 0 Å². The van der Waals surface area contributed by atoms with Gasteiger partial charge in [0.25, 0.3) is 0 Å². The maximum Gasteiger partial charge on any atom is 0.0513 e. The normalized spacial score (nSPS) is 23.7. The predicted octanol–water partition coefficient (Wildman–Crippen LogP) is 2.38. The second-order valence-electron chi connectivity index (χ2n) is 3.70. The summed E-state index contributed by atoms with van der Waals surface area (Å²) in [4.78, 5) is 0. The summed E-state index contributed by atoms with van der Waals surface area (Å²) in [6, 6.07) is 7.82. The molecule has 1 aromatic rings. The minimum Gasteiger partial charge on any atom is -0.381 e. The molecule has 1 aliphatic rings. The number of hydrogen-bond donors (Lipinski definition) is 1. The Bertz CT molecular complexity index is 293. The Morgan fingerprint density at radius 2 is 2.07 bits per heavy atom. The van der Waals surface area contributed by atoms with Gasteiger partial charge in [-0.3, -0.25) is 0 Å². The van der Waals surface area contributed by atoms with Gasteiger partial charge in [0.05, 0.1) is 6.61 Å². The Morgan fingerprint density at radius 3 is 2.64 bits per heavy atom. The van der Waals surface area contributed by atoms with Crippen molar-refractivity contribution in [1.82, 2.24) is 0 Å². The Balaban J connectivity index is 2.09. The standard InChI is InChI=1S/C11H14ClNO/c12-10-3-1-8(2-4-10)11(13)9-5-6-14-7-9/h1-4,9,11H,5-7,13H2/t9-,11+/m1/s1. The van der Waals surface area contributed by atoms with Crippen LogP contribution in [0.3, 0.4) is 0 Å². The molecule has 0 radical (unpaired) electrons. The smallest absolute Gasteiger partial charge is 0.0513 e. The molecule has 14 heavy (non-hydrogen) atoms. The van der Waals surface area contributed by atoms with Crippen molar-refractivity contribution in [3.05, 3.63) is 34.9 Å². The van der Waals surface area contributed by atoms with Gasteiger partial charge < -0.3 is 10.5 Å². The highest BCUT2D eigenvalue weighted by Crippen LogP contribution is 2.27. The first-order chi connectivity index (χ1) is 6.77. The molecule has 1 heterocycles. The first kappa shape index (κ1) is 9.97. The van der Waals surface area contributed by atoms with Crippen molar-refractivity contribution in [1.29, 1.82) is 0 Å². The number of benzene rings is 1. The van der Waals surface area contributed by atoms with Crippen molar-refractivity contribution in [2.24, 2.45) is 11.7 Å². The van der Waals surface area contributed by atoms with Gasteiger partial charge in [-0.2, -0.15) is 0 Å². The Labute approximate surface area is 89.0 Å². The van der Waals surface area contributed by atoms with E-state index in [1.165, 1.54) is 0 Å². The average molecular weight is 212 g/mol. The van der Waals surface area contributed by atoms with Gasteiger partial charge in [0.1, 0.15) is 0 Å². The molecule has 76 valence electrons. The SMILES string of the molecule is N[C@@H](c1ccc(Cl)cc1)[C@@H]1CCOC1. The van der Waals surface area contributed by atoms with Gasteiger partial charge in [-0.1, -0.05) is 23.7 Å². The summed E-state index contributed by atoms with van der Waals surface area (Å²) in [6.45, 7) is 1.62. The number of ether oxygens (including phenoxy) is 1. The van der Waals surface area contributed by atoms with Crippen LogP contribution in [0.2, 0.25) is 5.02 Å². The molecule has 2 N–H and O–H groups in total. The fourth-order valence-electron chi connectivity index (χ4n) is 1.79. The van der Waals surface area contributed by atoms with Crippen molar-refractivity contribution in [2.75, 3.05) is 13.2 Å². The molecule has 0 bridgehead atoms. The summed E-state index contributed by atoms with van der Waals surface area (Å²) >= 11 is 5.81. The van der Waals surface area contributed by atoms with E-state index in [-0.39, 0.29) is 6.04 Å². The topological polar surface area (TPSA) is 35.2 Å². The molecular weight excluding hydrogens is 198 g/mol. The van der Waals surface area contributed by atoms with E-state index in [1.54, 1.807) is 0 Å². The highest BCUT2D eigenvalue weighted by Gasteiger charge is 2.23. The van der Waals surface area contributed by atoms with Gasteiger partial charge in [-0.15, -0.1) is 0 Å². The van der Waals surface area contributed by atoms with E-state index in [2.05, 4.69) is 0 Å². The lowest BCUT2D eigenvalue weighted by atomic mass is 9.93. The highest BCUT2D eigenvalue weighted by molar-refractivity contribution is 6.30. The third-order valence-corrected chi connectivity index (χ3v) is 2.98. The summed E-state index contributed by atoms with van der Waals surface area (Å²) in [5.74, 6) is 0.455. The van der Waals surface area contributed by atoms with E-state index >= 15 is 0 Å². The first-order valence-corrected chi connectivity index (χ1v) is 5.24. The van der Waals surface area contributed by atoms with E-state index in [0.29, 0.717) is 5.92 Å². The molecule has 0 aliphatic carbocycles. The van der Waals surface area contributed by atoms with E-state index in [4.69, 9.17) is 22.1 Å². The summed E-state index contributed by atoms with van der Waals surface area (Å²) < 4.78 is 5.32. The molecule has 1 saturated heterocycles. The zero-order valence-corrected chi connectivity index (χ0v) is 8.70. The molecule has 0 unspecified atom stereocenters. The molecule has 2 rings (SSSR count). The molecule has 1 aliphatic heterocycles. The Hall–Kier alpha value is -0.570. The van der Waals surface area contributed by atoms with Crippen LogP contribution in [0.1, 0.15) is 18.0 Å². The quantitative estimate of drug-likeness (QED) is 0.815. The van der Waals surface area contributed by atoms with E-state index < -0.39 is 0 Å². The molecule has 3 heteroatoms. The highest BCUT2D eigenvalue weighted by atomic mass is 35.5. The van der Waals surface area contributed by atoms with Gasteiger partial charge in [-0.25, -0.2) is 0 Å². The van der Waals surface area contributed by atoms with Gasteiger partial charge in [0.15, 0.2) is 0 Å². The van der Waals surface area contributed by atoms with Gasteiger partial charge in [0, 0.05) is 23.6 Å². The lowest BCUT2D eigenvalue weighted by Gasteiger charge is -2.17. The lowest BCUT2D eigenvalue weighted by molar-refractivity contribution is 0.181. The molecule has 0 amide bonds. The largest absolute Gasteiger partial charge is 0.381 e. The Morgan fingerprint density at radius 1 is 1.36 bits per heavy atom. The van der Waals surface area contributed by atoms with Crippen molar-refractivity contribution < 1.29 is 4.74 Å². The zero-order chi connectivity index (χ0) is 9.97. The monoisotopic (exact) mass is 211 g/mol. The third-order valence-electron chi connectivity index (χ3n) is 2.73. The van der Waals surface area contributed by atoms with Crippen LogP contribution in [0.5, 0.6) is 0 Å². The molecule has 1 fully saturated rings. The number of halogens is 1. The summed E-state index contributed by atoms with van der Waals surface area (Å²) in [5, 5.41) is 0.753. The number of nitrogens with two attached hydrogens (primary N) is 1. The van der Waals surface area contributed by atoms with Gasteiger partial charge in [-0.05, 0) is 24.1 Å². The van der Waals surface area contributed by atoms with E-state index in [0.717, 1.165) is 30.2 Å². The molecule has 0 aromatic heterocycles. The van der Waals surface area contributed by atoms with Crippen molar-refractivity contribution in [2.45, 2.75) is 12.5 Å². The van der Waals surface area contributed by atoms with Crippen LogP contribution in [0, 0.1) is 5.92 Å².